The molecule has 1 aromatic carbocycles. The Morgan fingerprint density at radius 3 is 2.67 bits per heavy atom. The second-order valence-corrected chi connectivity index (χ2v) is 6.25. The zero-order chi connectivity index (χ0) is 18.8. The first-order valence-electron chi connectivity index (χ1n) is 8.13. The third-order valence-corrected chi connectivity index (χ3v) is 4.56. The first-order valence-corrected chi connectivity index (χ1v) is 8.13. The van der Waals surface area contributed by atoms with Crippen molar-refractivity contribution < 1.29 is 17.9 Å². The molecule has 0 bridgehead atoms. The van der Waals surface area contributed by atoms with E-state index >= 15 is 0 Å². The molecular weight excluding hydrogens is 359 g/mol. The number of pyridine rings is 1. The zero-order valence-corrected chi connectivity index (χ0v) is 14.0. The number of aromatic nitrogens is 3. The standard InChI is InChI=1S/C18H12F3N5O/c1-11-9-15-23-13-6-2-3-7-14(13)25(15)18(17(19,20)21)26(11)24-16(27-18)12-5-4-8-22-10-12/h2-10H,1H3/t18-/m1/s1. The van der Waals surface area contributed by atoms with Crippen LogP contribution in [0.15, 0.2) is 59.6 Å². The summed E-state index contributed by atoms with van der Waals surface area (Å²) in [5, 5.41) is 4.99. The van der Waals surface area contributed by atoms with E-state index in [0.717, 1.165) is 9.58 Å². The second kappa shape index (κ2) is 5.09. The fourth-order valence-electron chi connectivity index (χ4n) is 3.43. The number of hydrogen-bond donors (Lipinski definition) is 0. The number of rotatable bonds is 1. The Bertz CT molecular complexity index is 1120. The lowest BCUT2D eigenvalue weighted by molar-refractivity contribution is -0.333. The molecule has 1 atom stereocenters. The largest absolute Gasteiger partial charge is 0.474 e. The number of nitrogens with zero attached hydrogens (tertiary/aromatic N) is 5. The van der Waals surface area contributed by atoms with Crippen LogP contribution in [0, 0.1) is 0 Å². The molecule has 0 fully saturated rings. The van der Waals surface area contributed by atoms with Gasteiger partial charge in [-0.3, -0.25) is 9.55 Å². The minimum atomic E-state index is -4.80. The maximum absolute atomic E-state index is 14.5. The topological polar surface area (TPSA) is 55.5 Å². The highest BCUT2D eigenvalue weighted by molar-refractivity contribution is 5.95. The summed E-state index contributed by atoms with van der Waals surface area (Å²) < 4.78 is 50.1. The van der Waals surface area contributed by atoms with Gasteiger partial charge in [0.25, 0.3) is 0 Å². The van der Waals surface area contributed by atoms with Gasteiger partial charge in [-0.2, -0.15) is 18.2 Å². The van der Waals surface area contributed by atoms with Gasteiger partial charge in [0.1, 0.15) is 5.82 Å². The lowest BCUT2D eigenvalue weighted by atomic mass is 10.2. The van der Waals surface area contributed by atoms with Crippen molar-refractivity contribution >= 4 is 23.0 Å². The molecule has 2 aliphatic heterocycles. The summed E-state index contributed by atoms with van der Waals surface area (Å²) in [6.07, 6.45) is -0.303. The average molecular weight is 371 g/mol. The van der Waals surface area contributed by atoms with Crippen LogP contribution in [-0.2, 0) is 10.6 Å². The van der Waals surface area contributed by atoms with Crippen LogP contribution in [0.3, 0.4) is 0 Å². The van der Waals surface area contributed by atoms with Crippen LogP contribution in [0.25, 0.3) is 17.1 Å². The van der Waals surface area contributed by atoms with Crippen LogP contribution >= 0.6 is 0 Å². The minimum Gasteiger partial charge on any atom is -0.421 e. The van der Waals surface area contributed by atoms with E-state index in [1.807, 2.05) is 0 Å². The Morgan fingerprint density at radius 2 is 1.93 bits per heavy atom. The van der Waals surface area contributed by atoms with Crippen molar-refractivity contribution in [2.45, 2.75) is 18.9 Å². The molecule has 2 aromatic heterocycles. The van der Waals surface area contributed by atoms with Gasteiger partial charge >= 0.3 is 12.0 Å². The number of halogens is 3. The van der Waals surface area contributed by atoms with Crippen molar-refractivity contribution in [3.63, 3.8) is 0 Å². The monoisotopic (exact) mass is 371 g/mol. The van der Waals surface area contributed by atoms with E-state index in [1.165, 1.54) is 12.4 Å². The lowest BCUT2D eigenvalue weighted by Gasteiger charge is -2.41. The maximum Gasteiger partial charge on any atom is 0.474 e. The fraction of sp³-hybridized carbons (Fsp3) is 0.167. The van der Waals surface area contributed by atoms with Gasteiger partial charge in [0.05, 0.1) is 16.6 Å². The van der Waals surface area contributed by atoms with Crippen LogP contribution in [0.1, 0.15) is 18.3 Å². The molecule has 2 aliphatic rings. The van der Waals surface area contributed by atoms with Crippen LogP contribution in [0.2, 0.25) is 0 Å². The highest BCUT2D eigenvalue weighted by atomic mass is 19.4. The van der Waals surface area contributed by atoms with Gasteiger partial charge in [0, 0.05) is 24.2 Å². The van der Waals surface area contributed by atoms with E-state index in [2.05, 4.69) is 15.1 Å². The molecule has 0 spiro atoms. The molecule has 5 rings (SSSR count). The normalized spacial score (nSPS) is 21.4. The van der Waals surface area contributed by atoms with Crippen molar-refractivity contribution in [2.24, 2.45) is 5.10 Å². The highest BCUT2D eigenvalue weighted by Gasteiger charge is 2.69. The molecule has 0 unspecified atom stereocenters. The predicted molar refractivity (Wildman–Crippen MR) is 91.1 cm³/mol. The van der Waals surface area contributed by atoms with E-state index in [4.69, 9.17) is 4.74 Å². The van der Waals surface area contributed by atoms with Gasteiger partial charge in [-0.15, -0.1) is 5.10 Å². The molecule has 0 saturated heterocycles. The van der Waals surface area contributed by atoms with Crippen LogP contribution < -0.4 is 0 Å². The van der Waals surface area contributed by atoms with E-state index < -0.39 is 12.0 Å². The van der Waals surface area contributed by atoms with Gasteiger partial charge in [-0.25, -0.2) is 4.98 Å². The summed E-state index contributed by atoms with van der Waals surface area (Å²) in [7, 11) is 0. The van der Waals surface area contributed by atoms with Crippen LogP contribution in [-0.4, -0.2) is 31.6 Å². The third kappa shape index (κ3) is 1.99. The van der Waals surface area contributed by atoms with Gasteiger partial charge in [0.15, 0.2) is 0 Å². The smallest absolute Gasteiger partial charge is 0.421 e. The Hall–Kier alpha value is -3.36. The Balaban J connectivity index is 1.80. The number of allylic oxidation sites excluding steroid dienone is 1. The Morgan fingerprint density at radius 1 is 1.11 bits per heavy atom. The Labute approximate surface area is 151 Å². The summed E-state index contributed by atoms with van der Waals surface area (Å²) in [5.74, 6) is -2.84. The Kier molecular flexibility index (Phi) is 2.99. The molecule has 0 radical (unpaired) electrons. The molecule has 3 aromatic rings. The number of benzene rings is 1. The SMILES string of the molecule is CC1=Cc2nc3ccccc3n2[C@@]2(C(F)(F)F)OC(c3cccnc3)=NN12. The van der Waals surface area contributed by atoms with E-state index in [9.17, 15) is 13.2 Å². The number of ether oxygens (including phenoxy) is 1. The van der Waals surface area contributed by atoms with Crippen LogP contribution in [0.5, 0.6) is 0 Å². The number of alkyl halides is 3. The summed E-state index contributed by atoms with van der Waals surface area (Å²) >= 11 is 0. The van der Waals surface area contributed by atoms with E-state index in [1.54, 1.807) is 49.4 Å². The van der Waals surface area contributed by atoms with Crippen molar-refractivity contribution in [3.05, 3.63) is 65.9 Å². The third-order valence-electron chi connectivity index (χ3n) is 4.56. The van der Waals surface area contributed by atoms with Crippen molar-refractivity contribution in [1.29, 1.82) is 0 Å². The number of fused-ring (bicyclic) bond motifs is 5. The van der Waals surface area contributed by atoms with Gasteiger partial charge in [-0.05, 0) is 31.2 Å². The van der Waals surface area contributed by atoms with Crippen molar-refractivity contribution in [1.82, 2.24) is 19.5 Å². The first-order chi connectivity index (χ1) is 12.9. The highest BCUT2D eigenvalue weighted by Crippen LogP contribution is 2.51. The minimum absolute atomic E-state index is 0.154. The first kappa shape index (κ1) is 15.9. The van der Waals surface area contributed by atoms with Crippen LogP contribution in [0.4, 0.5) is 13.2 Å². The van der Waals surface area contributed by atoms with Gasteiger partial charge < -0.3 is 4.74 Å². The molecule has 6 nitrogen and oxygen atoms in total. The quantitative estimate of drug-likeness (QED) is 0.655. The van der Waals surface area contributed by atoms with E-state index in [0.29, 0.717) is 16.6 Å². The summed E-state index contributed by atoms with van der Waals surface area (Å²) in [4.78, 5) is 8.28. The number of imidazole rings is 1. The predicted octanol–water partition coefficient (Wildman–Crippen LogP) is 3.67. The molecule has 0 N–H and O–H groups in total. The molecule has 0 aliphatic carbocycles. The molecule has 136 valence electrons. The maximum atomic E-state index is 14.5. The van der Waals surface area contributed by atoms with Crippen molar-refractivity contribution in [3.8, 4) is 0 Å². The second-order valence-electron chi connectivity index (χ2n) is 6.25. The molecular formula is C18H12F3N5O. The zero-order valence-electron chi connectivity index (χ0n) is 14.0. The molecule has 0 saturated carbocycles. The van der Waals surface area contributed by atoms with Gasteiger partial charge in [-0.1, -0.05) is 12.1 Å². The van der Waals surface area contributed by atoms with E-state index in [-0.39, 0.29) is 17.4 Å². The summed E-state index contributed by atoms with van der Waals surface area (Å²) in [6.45, 7) is 1.54. The number of hydrogen-bond acceptors (Lipinski definition) is 5. The van der Waals surface area contributed by atoms with Gasteiger partial charge in [0.2, 0.25) is 5.90 Å². The molecule has 4 heterocycles. The lowest BCUT2D eigenvalue weighted by Crippen LogP contribution is -2.58. The molecule has 9 heteroatoms. The molecule has 0 amide bonds. The van der Waals surface area contributed by atoms with Crippen molar-refractivity contribution in [2.75, 3.05) is 0 Å². The molecule has 27 heavy (non-hydrogen) atoms. The average Bonchev–Trinajstić information content (AvgIpc) is 3.21. The summed E-state index contributed by atoms with van der Waals surface area (Å²) in [6, 6.07) is 9.84. The number of hydrazone groups is 1. The number of para-hydroxylation sites is 2. The summed E-state index contributed by atoms with van der Waals surface area (Å²) in [5.41, 5.74) is 1.38. The fourth-order valence-corrected chi connectivity index (χ4v) is 3.43.